The summed E-state index contributed by atoms with van der Waals surface area (Å²) in [7, 11) is 0. The highest BCUT2D eigenvalue weighted by molar-refractivity contribution is 6.32. The molecule has 1 fully saturated rings. The van der Waals surface area contributed by atoms with Crippen LogP contribution in [-0.4, -0.2) is 25.1 Å². The lowest BCUT2D eigenvalue weighted by molar-refractivity contribution is -0.120. The Bertz CT molecular complexity index is 499. The first kappa shape index (κ1) is 15.0. The van der Waals surface area contributed by atoms with Crippen LogP contribution in [-0.2, 0) is 4.79 Å². The zero-order valence-corrected chi connectivity index (χ0v) is 11.6. The second-order valence-electron chi connectivity index (χ2n) is 4.65. The number of nitrogens with one attached hydrogen (secondary N) is 2. The molecule has 1 aliphatic heterocycles. The number of amides is 1. The van der Waals surface area contributed by atoms with Crippen LogP contribution >= 0.6 is 11.6 Å². The van der Waals surface area contributed by atoms with E-state index in [-0.39, 0.29) is 28.6 Å². The van der Waals surface area contributed by atoms with Gasteiger partial charge in [-0.2, -0.15) is 8.78 Å². The number of ether oxygens (including phenoxy) is 1. The third-order valence-electron chi connectivity index (χ3n) is 3.28. The second kappa shape index (κ2) is 6.37. The Morgan fingerprint density at radius 3 is 2.85 bits per heavy atom. The van der Waals surface area contributed by atoms with Crippen molar-refractivity contribution in [1.29, 1.82) is 0 Å². The van der Waals surface area contributed by atoms with Gasteiger partial charge in [-0.25, -0.2) is 0 Å². The van der Waals surface area contributed by atoms with Gasteiger partial charge in [0.05, 0.1) is 10.9 Å². The molecule has 0 radical (unpaired) electrons. The standard InChI is InChI=1S/C13H15ClF2N2O2/c1-7-9(4-5-17-7)12(19)18-8-2-3-11(10(14)6-8)20-13(15)16/h2-3,6-7,9,13,17H,4-5H2,1H3,(H,18,19). The first-order valence-electron chi connectivity index (χ1n) is 6.26. The maximum absolute atomic E-state index is 12.1. The zero-order chi connectivity index (χ0) is 14.7. The van der Waals surface area contributed by atoms with Crippen molar-refractivity contribution in [3.63, 3.8) is 0 Å². The molecule has 2 rings (SSSR count). The van der Waals surface area contributed by atoms with Crippen molar-refractivity contribution < 1.29 is 18.3 Å². The average molecular weight is 305 g/mol. The number of hydrogen-bond acceptors (Lipinski definition) is 3. The van der Waals surface area contributed by atoms with E-state index < -0.39 is 6.61 Å². The van der Waals surface area contributed by atoms with Crippen LogP contribution in [0.1, 0.15) is 13.3 Å². The largest absolute Gasteiger partial charge is 0.433 e. The smallest absolute Gasteiger partial charge is 0.387 e. The summed E-state index contributed by atoms with van der Waals surface area (Å²) in [6.45, 7) is -0.177. The van der Waals surface area contributed by atoms with Gasteiger partial charge in [0.2, 0.25) is 5.91 Å². The monoisotopic (exact) mass is 304 g/mol. The molecule has 2 atom stereocenters. The third-order valence-corrected chi connectivity index (χ3v) is 3.57. The van der Waals surface area contributed by atoms with Gasteiger partial charge in [0.25, 0.3) is 0 Å². The number of rotatable bonds is 4. The lowest BCUT2D eigenvalue weighted by Crippen LogP contribution is -2.32. The Hall–Kier alpha value is -1.40. The molecular weight excluding hydrogens is 290 g/mol. The molecule has 0 spiro atoms. The number of anilines is 1. The van der Waals surface area contributed by atoms with E-state index in [1.165, 1.54) is 18.2 Å². The van der Waals surface area contributed by atoms with E-state index >= 15 is 0 Å². The van der Waals surface area contributed by atoms with E-state index in [1.807, 2.05) is 6.92 Å². The van der Waals surface area contributed by atoms with Gasteiger partial charge in [-0.1, -0.05) is 11.6 Å². The normalized spacial score (nSPS) is 22.1. The van der Waals surface area contributed by atoms with Gasteiger partial charge in [-0.05, 0) is 38.1 Å². The summed E-state index contributed by atoms with van der Waals surface area (Å²) in [4.78, 5) is 12.1. The van der Waals surface area contributed by atoms with Gasteiger partial charge in [0.15, 0.2) is 0 Å². The molecule has 0 aromatic heterocycles. The van der Waals surface area contributed by atoms with E-state index in [4.69, 9.17) is 11.6 Å². The number of carbonyl (C=O) groups is 1. The first-order chi connectivity index (χ1) is 9.47. The maximum atomic E-state index is 12.1. The summed E-state index contributed by atoms with van der Waals surface area (Å²) >= 11 is 5.82. The van der Waals surface area contributed by atoms with Gasteiger partial charge in [-0.3, -0.25) is 4.79 Å². The fourth-order valence-corrected chi connectivity index (χ4v) is 2.45. The molecule has 1 aliphatic rings. The highest BCUT2D eigenvalue weighted by Gasteiger charge is 2.29. The average Bonchev–Trinajstić information content (AvgIpc) is 2.78. The van der Waals surface area contributed by atoms with Crippen LogP contribution in [0.5, 0.6) is 5.75 Å². The van der Waals surface area contributed by atoms with Crippen LogP contribution in [0.15, 0.2) is 18.2 Å². The third kappa shape index (κ3) is 3.58. The van der Waals surface area contributed by atoms with Crippen molar-refractivity contribution >= 4 is 23.2 Å². The highest BCUT2D eigenvalue weighted by Crippen LogP contribution is 2.29. The number of halogens is 3. The fraction of sp³-hybridized carbons (Fsp3) is 0.462. The number of carbonyl (C=O) groups excluding carboxylic acids is 1. The van der Waals surface area contributed by atoms with E-state index in [9.17, 15) is 13.6 Å². The predicted octanol–water partition coefficient (Wildman–Crippen LogP) is 2.88. The van der Waals surface area contributed by atoms with E-state index in [0.717, 1.165) is 13.0 Å². The van der Waals surface area contributed by atoms with Crippen molar-refractivity contribution in [2.75, 3.05) is 11.9 Å². The highest BCUT2D eigenvalue weighted by atomic mass is 35.5. The number of alkyl halides is 2. The quantitative estimate of drug-likeness (QED) is 0.899. The van der Waals surface area contributed by atoms with Gasteiger partial charge < -0.3 is 15.4 Å². The molecule has 1 amide bonds. The molecule has 110 valence electrons. The summed E-state index contributed by atoms with van der Waals surface area (Å²) in [5.41, 5.74) is 0.459. The van der Waals surface area contributed by atoms with Crippen molar-refractivity contribution in [1.82, 2.24) is 5.32 Å². The van der Waals surface area contributed by atoms with Crippen LogP contribution in [0, 0.1) is 5.92 Å². The molecule has 2 unspecified atom stereocenters. The molecule has 1 aromatic rings. The Balaban J connectivity index is 2.03. The topological polar surface area (TPSA) is 50.4 Å². The number of benzene rings is 1. The van der Waals surface area contributed by atoms with Crippen LogP contribution in [0.25, 0.3) is 0 Å². The summed E-state index contributed by atoms with van der Waals surface area (Å²) in [5.74, 6) is -0.331. The van der Waals surface area contributed by atoms with Crippen LogP contribution in [0.3, 0.4) is 0 Å². The van der Waals surface area contributed by atoms with E-state index in [2.05, 4.69) is 15.4 Å². The summed E-state index contributed by atoms with van der Waals surface area (Å²) in [6.07, 6.45) is 0.771. The number of hydrogen-bond donors (Lipinski definition) is 2. The lowest BCUT2D eigenvalue weighted by Gasteiger charge is -2.15. The van der Waals surface area contributed by atoms with Gasteiger partial charge in [0.1, 0.15) is 5.75 Å². The second-order valence-corrected chi connectivity index (χ2v) is 5.06. The minimum atomic E-state index is -2.93. The van der Waals surface area contributed by atoms with Gasteiger partial charge in [0, 0.05) is 11.7 Å². The molecule has 0 aliphatic carbocycles. The van der Waals surface area contributed by atoms with Crippen LogP contribution < -0.4 is 15.4 Å². The van der Waals surface area contributed by atoms with Crippen molar-refractivity contribution in [3.8, 4) is 5.75 Å². The minimum absolute atomic E-state index is 0.0284. The fourth-order valence-electron chi connectivity index (χ4n) is 2.22. The summed E-state index contributed by atoms with van der Waals surface area (Å²) in [5, 5.41) is 5.95. The van der Waals surface area contributed by atoms with Crippen LogP contribution in [0.4, 0.5) is 14.5 Å². The first-order valence-corrected chi connectivity index (χ1v) is 6.64. The minimum Gasteiger partial charge on any atom is -0.433 e. The Labute approximate surface area is 120 Å². The Morgan fingerprint density at radius 2 is 2.30 bits per heavy atom. The lowest BCUT2D eigenvalue weighted by atomic mass is 10.0. The van der Waals surface area contributed by atoms with Crippen molar-refractivity contribution in [3.05, 3.63) is 23.2 Å². The molecule has 1 aromatic carbocycles. The molecule has 2 N–H and O–H groups in total. The molecular formula is C13H15ClF2N2O2. The Kier molecular flexibility index (Phi) is 4.77. The molecule has 0 bridgehead atoms. The van der Waals surface area contributed by atoms with E-state index in [1.54, 1.807) is 0 Å². The van der Waals surface area contributed by atoms with E-state index in [0.29, 0.717) is 5.69 Å². The summed E-state index contributed by atoms with van der Waals surface area (Å²) in [6, 6.07) is 4.30. The zero-order valence-electron chi connectivity index (χ0n) is 10.8. The van der Waals surface area contributed by atoms with Crippen molar-refractivity contribution in [2.45, 2.75) is 26.0 Å². The molecule has 20 heavy (non-hydrogen) atoms. The van der Waals surface area contributed by atoms with Crippen LogP contribution in [0.2, 0.25) is 5.02 Å². The molecule has 7 heteroatoms. The molecule has 1 heterocycles. The molecule has 4 nitrogen and oxygen atoms in total. The Morgan fingerprint density at radius 1 is 1.55 bits per heavy atom. The summed E-state index contributed by atoms with van der Waals surface area (Å²) < 4.78 is 28.4. The van der Waals surface area contributed by atoms with Gasteiger partial charge >= 0.3 is 6.61 Å². The SMILES string of the molecule is CC1NCCC1C(=O)Nc1ccc(OC(F)F)c(Cl)c1. The molecule has 0 saturated carbocycles. The predicted molar refractivity (Wildman–Crippen MR) is 72.3 cm³/mol. The van der Waals surface area contributed by atoms with Gasteiger partial charge in [-0.15, -0.1) is 0 Å². The van der Waals surface area contributed by atoms with Crippen molar-refractivity contribution in [2.24, 2.45) is 5.92 Å². The maximum Gasteiger partial charge on any atom is 0.387 e. The molecule has 1 saturated heterocycles.